The summed E-state index contributed by atoms with van der Waals surface area (Å²) in [5.74, 6) is 2.35. The second kappa shape index (κ2) is 8.99. The molecule has 0 aromatic heterocycles. The van der Waals surface area contributed by atoms with Gasteiger partial charge >= 0.3 is 0 Å². The van der Waals surface area contributed by atoms with Crippen molar-refractivity contribution in [2.24, 2.45) is 0 Å². The summed E-state index contributed by atoms with van der Waals surface area (Å²) in [5.41, 5.74) is 2.13. The van der Waals surface area contributed by atoms with Gasteiger partial charge in [0.2, 0.25) is 0 Å². The van der Waals surface area contributed by atoms with Crippen LogP contribution in [0.5, 0.6) is 17.2 Å². The summed E-state index contributed by atoms with van der Waals surface area (Å²) in [7, 11) is 1.64. The van der Waals surface area contributed by atoms with E-state index < -0.39 is 0 Å². The van der Waals surface area contributed by atoms with Gasteiger partial charge in [0.25, 0.3) is 0 Å². The average Bonchev–Trinajstić information content (AvgIpc) is 2.59. The fourth-order valence-electron chi connectivity index (χ4n) is 2.09. The molecule has 1 atom stereocenters. The highest BCUT2D eigenvalue weighted by atomic mass is 16.7. The topological polar surface area (TPSA) is 36.9 Å². The van der Waals surface area contributed by atoms with Crippen LogP contribution in [0.2, 0.25) is 0 Å². The van der Waals surface area contributed by atoms with Crippen molar-refractivity contribution in [2.75, 3.05) is 20.3 Å². The molecule has 4 heteroatoms. The molecule has 0 fully saturated rings. The van der Waals surface area contributed by atoms with Gasteiger partial charge in [-0.15, -0.1) is 0 Å². The largest absolute Gasteiger partial charge is 0.497 e. The van der Waals surface area contributed by atoms with Crippen LogP contribution in [-0.4, -0.2) is 26.6 Å². The lowest BCUT2D eigenvalue weighted by Crippen LogP contribution is -2.19. The van der Waals surface area contributed by atoms with Gasteiger partial charge in [0.05, 0.1) is 13.7 Å². The van der Waals surface area contributed by atoms with Gasteiger partial charge in [-0.2, -0.15) is 0 Å². The Morgan fingerprint density at radius 1 is 0.917 bits per heavy atom. The molecule has 2 aromatic rings. The maximum absolute atomic E-state index is 5.71. The molecule has 0 bridgehead atoms. The fourth-order valence-corrected chi connectivity index (χ4v) is 2.09. The summed E-state index contributed by atoms with van der Waals surface area (Å²) in [4.78, 5) is 0. The lowest BCUT2D eigenvalue weighted by atomic mass is 10.1. The molecule has 24 heavy (non-hydrogen) atoms. The first-order valence-corrected chi connectivity index (χ1v) is 7.89. The van der Waals surface area contributed by atoms with E-state index in [1.807, 2.05) is 62.4 Å². The quantitative estimate of drug-likeness (QED) is 0.500. The average molecular weight is 328 g/mol. The Kier molecular flexibility index (Phi) is 6.70. The van der Waals surface area contributed by atoms with E-state index in [-0.39, 0.29) is 6.29 Å². The molecule has 2 rings (SSSR count). The van der Waals surface area contributed by atoms with Crippen LogP contribution in [0.3, 0.4) is 0 Å². The second-order valence-electron chi connectivity index (χ2n) is 5.38. The molecule has 0 spiro atoms. The van der Waals surface area contributed by atoms with Gasteiger partial charge in [0.1, 0.15) is 23.9 Å². The van der Waals surface area contributed by atoms with Crippen molar-refractivity contribution >= 4 is 5.57 Å². The number of hydrogen-bond donors (Lipinski definition) is 0. The lowest BCUT2D eigenvalue weighted by Gasteiger charge is -2.16. The van der Waals surface area contributed by atoms with Crippen LogP contribution in [0, 0.1) is 0 Å². The highest BCUT2D eigenvalue weighted by Gasteiger charge is 2.05. The molecule has 0 aliphatic carbocycles. The van der Waals surface area contributed by atoms with Crippen LogP contribution >= 0.6 is 0 Å². The van der Waals surface area contributed by atoms with Gasteiger partial charge in [-0.3, -0.25) is 0 Å². The third-order valence-electron chi connectivity index (χ3n) is 3.41. The molecule has 4 nitrogen and oxygen atoms in total. The predicted molar refractivity (Wildman–Crippen MR) is 95.7 cm³/mol. The van der Waals surface area contributed by atoms with Gasteiger partial charge in [0, 0.05) is 0 Å². The fraction of sp³-hybridized carbons (Fsp3) is 0.300. The SMILES string of the molecule is C=C(C)c1ccc(OC(C)OCCOc2ccc(OC)cc2)cc1. The van der Waals surface area contributed by atoms with Gasteiger partial charge in [-0.05, 0) is 55.8 Å². The molecule has 0 amide bonds. The van der Waals surface area contributed by atoms with Crippen molar-refractivity contribution in [3.8, 4) is 17.2 Å². The van der Waals surface area contributed by atoms with Crippen LogP contribution in [-0.2, 0) is 4.74 Å². The van der Waals surface area contributed by atoms with Crippen molar-refractivity contribution in [1.82, 2.24) is 0 Å². The van der Waals surface area contributed by atoms with E-state index in [1.165, 1.54) is 0 Å². The van der Waals surface area contributed by atoms with Crippen molar-refractivity contribution < 1.29 is 18.9 Å². The minimum Gasteiger partial charge on any atom is -0.497 e. The van der Waals surface area contributed by atoms with Gasteiger partial charge in [-0.25, -0.2) is 0 Å². The monoisotopic (exact) mass is 328 g/mol. The van der Waals surface area contributed by atoms with Crippen molar-refractivity contribution in [3.05, 3.63) is 60.7 Å². The third-order valence-corrected chi connectivity index (χ3v) is 3.41. The highest BCUT2D eigenvalue weighted by Crippen LogP contribution is 2.19. The number of hydrogen-bond acceptors (Lipinski definition) is 4. The standard InChI is InChI=1S/C20H24O4/c1-15(2)17-5-7-20(8-6-17)24-16(3)22-13-14-23-19-11-9-18(21-4)10-12-19/h5-12,16H,1,13-14H2,2-4H3. The molecular formula is C20H24O4. The van der Waals surface area contributed by atoms with E-state index >= 15 is 0 Å². The Morgan fingerprint density at radius 2 is 1.50 bits per heavy atom. The zero-order valence-electron chi connectivity index (χ0n) is 14.5. The molecule has 0 aliphatic heterocycles. The Labute approximate surface area is 143 Å². The Bertz CT molecular complexity index is 632. The Balaban J connectivity index is 1.68. The molecule has 0 heterocycles. The molecule has 1 unspecified atom stereocenters. The number of benzene rings is 2. The van der Waals surface area contributed by atoms with Gasteiger partial charge < -0.3 is 18.9 Å². The maximum Gasteiger partial charge on any atom is 0.197 e. The maximum atomic E-state index is 5.71. The molecule has 0 N–H and O–H groups in total. The number of ether oxygens (including phenoxy) is 4. The van der Waals surface area contributed by atoms with Crippen LogP contribution in [0.1, 0.15) is 19.4 Å². The van der Waals surface area contributed by atoms with E-state index in [2.05, 4.69) is 6.58 Å². The number of methoxy groups -OCH3 is 1. The molecule has 0 saturated carbocycles. The molecular weight excluding hydrogens is 304 g/mol. The minimum absolute atomic E-state index is 0.347. The predicted octanol–water partition coefficient (Wildman–Crippen LogP) is 4.55. The smallest absolute Gasteiger partial charge is 0.197 e. The van der Waals surface area contributed by atoms with Crippen LogP contribution in [0.4, 0.5) is 0 Å². The molecule has 0 aliphatic rings. The first-order chi connectivity index (χ1) is 11.6. The van der Waals surface area contributed by atoms with Crippen molar-refractivity contribution in [3.63, 3.8) is 0 Å². The van der Waals surface area contributed by atoms with E-state index in [4.69, 9.17) is 18.9 Å². The summed E-state index contributed by atoms with van der Waals surface area (Å²) >= 11 is 0. The van der Waals surface area contributed by atoms with E-state index in [1.54, 1.807) is 7.11 Å². The first-order valence-electron chi connectivity index (χ1n) is 7.89. The molecule has 2 aromatic carbocycles. The Morgan fingerprint density at radius 3 is 2.08 bits per heavy atom. The summed E-state index contributed by atoms with van der Waals surface area (Å²) in [5, 5.41) is 0. The number of rotatable bonds is 9. The Hall–Kier alpha value is -2.46. The minimum atomic E-state index is -0.347. The molecule has 128 valence electrons. The zero-order valence-corrected chi connectivity index (χ0v) is 14.5. The lowest BCUT2D eigenvalue weighted by molar-refractivity contribution is -0.0739. The number of allylic oxidation sites excluding steroid dienone is 1. The second-order valence-corrected chi connectivity index (χ2v) is 5.38. The van der Waals surface area contributed by atoms with Crippen LogP contribution < -0.4 is 14.2 Å². The van der Waals surface area contributed by atoms with E-state index in [0.717, 1.165) is 28.4 Å². The third kappa shape index (κ3) is 5.63. The summed E-state index contributed by atoms with van der Waals surface area (Å²) in [6.07, 6.45) is -0.347. The highest BCUT2D eigenvalue weighted by molar-refractivity contribution is 5.61. The van der Waals surface area contributed by atoms with Crippen molar-refractivity contribution in [2.45, 2.75) is 20.1 Å². The normalized spacial score (nSPS) is 11.6. The van der Waals surface area contributed by atoms with Crippen molar-refractivity contribution in [1.29, 1.82) is 0 Å². The van der Waals surface area contributed by atoms with E-state index in [9.17, 15) is 0 Å². The van der Waals surface area contributed by atoms with E-state index in [0.29, 0.717) is 13.2 Å². The summed E-state index contributed by atoms with van der Waals surface area (Å²) < 4.78 is 22.0. The first kappa shape index (κ1) is 17.9. The molecule has 0 radical (unpaired) electrons. The van der Waals surface area contributed by atoms with Crippen LogP contribution in [0.15, 0.2) is 55.1 Å². The van der Waals surface area contributed by atoms with Gasteiger partial charge in [-0.1, -0.05) is 24.3 Å². The summed E-state index contributed by atoms with van der Waals surface area (Å²) in [6, 6.07) is 15.2. The zero-order chi connectivity index (χ0) is 17.4. The van der Waals surface area contributed by atoms with Crippen LogP contribution in [0.25, 0.3) is 5.57 Å². The summed E-state index contributed by atoms with van der Waals surface area (Å²) in [6.45, 7) is 8.65. The van der Waals surface area contributed by atoms with Gasteiger partial charge in [0.15, 0.2) is 6.29 Å². The molecule has 0 saturated heterocycles.